The molecule has 26 heavy (non-hydrogen) atoms. The third-order valence-electron chi connectivity index (χ3n) is 3.60. The third-order valence-corrected chi connectivity index (χ3v) is 5.42. The largest absolute Gasteiger partial charge is 0.355 e. The van der Waals surface area contributed by atoms with Gasteiger partial charge in [0.15, 0.2) is 0 Å². The molecule has 7 heteroatoms. The first kappa shape index (κ1) is 18.3. The van der Waals surface area contributed by atoms with Gasteiger partial charge in [0.05, 0.1) is 12.1 Å². The minimum absolute atomic E-state index is 0.0333. The second kappa shape index (κ2) is 8.73. The van der Waals surface area contributed by atoms with Crippen LogP contribution in [0.1, 0.15) is 17.5 Å². The SMILES string of the molecule is CC(=O)Nc1cccc(-c2nc(CCNC(=O)Cc3cccs3)cs2)c1. The zero-order valence-corrected chi connectivity index (χ0v) is 16.0. The molecule has 2 aromatic heterocycles. The Morgan fingerprint density at radius 3 is 2.81 bits per heavy atom. The molecule has 3 rings (SSSR count). The molecule has 0 atom stereocenters. The molecule has 0 saturated heterocycles. The zero-order chi connectivity index (χ0) is 18.4. The summed E-state index contributed by atoms with van der Waals surface area (Å²) < 4.78 is 0. The van der Waals surface area contributed by atoms with Crippen molar-refractivity contribution in [1.29, 1.82) is 0 Å². The first-order valence-corrected chi connectivity index (χ1v) is 9.97. The molecule has 0 saturated carbocycles. The summed E-state index contributed by atoms with van der Waals surface area (Å²) in [5, 5.41) is 10.6. The summed E-state index contributed by atoms with van der Waals surface area (Å²) >= 11 is 3.15. The summed E-state index contributed by atoms with van der Waals surface area (Å²) in [6.07, 6.45) is 1.12. The van der Waals surface area contributed by atoms with Crippen molar-refractivity contribution >= 4 is 40.2 Å². The minimum atomic E-state index is -0.0970. The van der Waals surface area contributed by atoms with E-state index in [1.807, 2.05) is 47.2 Å². The van der Waals surface area contributed by atoms with Crippen molar-refractivity contribution < 1.29 is 9.59 Å². The Bertz CT molecular complexity index is 888. The molecule has 0 aliphatic heterocycles. The highest BCUT2D eigenvalue weighted by Gasteiger charge is 2.08. The lowest BCUT2D eigenvalue weighted by atomic mass is 10.2. The molecule has 134 valence electrons. The lowest BCUT2D eigenvalue weighted by Gasteiger charge is -2.04. The number of amides is 2. The van der Waals surface area contributed by atoms with Gasteiger partial charge in [-0.05, 0) is 23.6 Å². The Morgan fingerprint density at radius 1 is 1.15 bits per heavy atom. The minimum Gasteiger partial charge on any atom is -0.355 e. The molecular weight excluding hydrogens is 366 g/mol. The topological polar surface area (TPSA) is 71.1 Å². The fourth-order valence-electron chi connectivity index (χ4n) is 2.45. The van der Waals surface area contributed by atoms with Gasteiger partial charge >= 0.3 is 0 Å². The smallest absolute Gasteiger partial charge is 0.225 e. The van der Waals surface area contributed by atoms with Gasteiger partial charge in [-0.1, -0.05) is 18.2 Å². The number of aromatic nitrogens is 1. The number of thiophene rings is 1. The van der Waals surface area contributed by atoms with Crippen LogP contribution in [-0.4, -0.2) is 23.3 Å². The molecule has 0 aliphatic carbocycles. The number of carbonyl (C=O) groups excluding carboxylic acids is 2. The first-order valence-electron chi connectivity index (χ1n) is 8.21. The Morgan fingerprint density at radius 2 is 2.04 bits per heavy atom. The Hall–Kier alpha value is -2.51. The van der Waals surface area contributed by atoms with Gasteiger partial charge in [-0.3, -0.25) is 9.59 Å². The summed E-state index contributed by atoms with van der Waals surface area (Å²) in [6, 6.07) is 11.5. The van der Waals surface area contributed by atoms with Crippen LogP contribution in [-0.2, 0) is 22.4 Å². The van der Waals surface area contributed by atoms with Gasteiger partial charge < -0.3 is 10.6 Å². The zero-order valence-electron chi connectivity index (χ0n) is 14.3. The fraction of sp³-hybridized carbons (Fsp3) is 0.211. The van der Waals surface area contributed by atoms with Crippen molar-refractivity contribution in [3.63, 3.8) is 0 Å². The normalized spacial score (nSPS) is 10.5. The Balaban J connectivity index is 1.53. The highest BCUT2D eigenvalue weighted by atomic mass is 32.1. The Labute approximate surface area is 160 Å². The summed E-state index contributed by atoms with van der Waals surface area (Å²) in [7, 11) is 0. The van der Waals surface area contributed by atoms with Crippen LogP contribution in [0.5, 0.6) is 0 Å². The number of benzene rings is 1. The monoisotopic (exact) mass is 385 g/mol. The van der Waals surface area contributed by atoms with Gasteiger partial charge in [0.1, 0.15) is 5.01 Å². The number of hydrogen-bond donors (Lipinski definition) is 2. The molecule has 0 spiro atoms. The van der Waals surface area contributed by atoms with E-state index in [1.165, 1.54) is 6.92 Å². The third kappa shape index (κ3) is 5.24. The number of nitrogens with zero attached hydrogens (tertiary/aromatic N) is 1. The van der Waals surface area contributed by atoms with E-state index in [4.69, 9.17) is 0 Å². The van der Waals surface area contributed by atoms with Crippen molar-refractivity contribution in [2.75, 3.05) is 11.9 Å². The number of nitrogens with one attached hydrogen (secondary N) is 2. The van der Waals surface area contributed by atoms with Crippen LogP contribution >= 0.6 is 22.7 Å². The standard InChI is InChI=1S/C19H19N3O2S2/c1-13(23)21-15-5-2-4-14(10-15)19-22-16(12-26-19)7-8-20-18(24)11-17-6-3-9-25-17/h2-6,9-10,12H,7-8,11H2,1H3,(H,20,24)(H,21,23). The van der Waals surface area contributed by atoms with E-state index in [2.05, 4.69) is 15.6 Å². The highest BCUT2D eigenvalue weighted by Crippen LogP contribution is 2.26. The average Bonchev–Trinajstić information content (AvgIpc) is 3.26. The maximum atomic E-state index is 11.9. The van der Waals surface area contributed by atoms with Gasteiger partial charge in [0.2, 0.25) is 11.8 Å². The molecule has 3 aromatic rings. The van der Waals surface area contributed by atoms with Crippen LogP contribution in [0, 0.1) is 0 Å². The van der Waals surface area contributed by atoms with Crippen molar-refractivity contribution in [1.82, 2.24) is 10.3 Å². The number of carbonyl (C=O) groups is 2. The molecule has 2 N–H and O–H groups in total. The molecule has 2 amide bonds. The molecule has 0 aliphatic rings. The first-order chi connectivity index (χ1) is 12.6. The highest BCUT2D eigenvalue weighted by molar-refractivity contribution is 7.13. The predicted molar refractivity (Wildman–Crippen MR) is 107 cm³/mol. The quantitative estimate of drug-likeness (QED) is 0.651. The fourth-order valence-corrected chi connectivity index (χ4v) is 4.01. The van der Waals surface area contributed by atoms with Crippen LogP contribution in [0.15, 0.2) is 47.2 Å². The second-order valence-corrected chi connectivity index (χ2v) is 7.65. The van der Waals surface area contributed by atoms with E-state index in [0.717, 1.165) is 26.8 Å². The second-order valence-electron chi connectivity index (χ2n) is 5.76. The van der Waals surface area contributed by atoms with Gasteiger partial charge in [0, 0.05) is 41.4 Å². The van der Waals surface area contributed by atoms with Crippen LogP contribution in [0.2, 0.25) is 0 Å². The number of hydrogen-bond acceptors (Lipinski definition) is 5. The number of rotatable bonds is 7. The molecule has 1 aromatic carbocycles. The molecule has 5 nitrogen and oxygen atoms in total. The van der Waals surface area contributed by atoms with E-state index in [-0.39, 0.29) is 11.8 Å². The summed E-state index contributed by atoms with van der Waals surface area (Å²) in [6.45, 7) is 2.06. The molecule has 2 heterocycles. The van der Waals surface area contributed by atoms with Crippen LogP contribution in [0.3, 0.4) is 0 Å². The molecule has 0 bridgehead atoms. The lowest BCUT2D eigenvalue weighted by Crippen LogP contribution is -2.27. The van der Waals surface area contributed by atoms with Gasteiger partial charge in [-0.15, -0.1) is 22.7 Å². The van der Waals surface area contributed by atoms with Crippen LogP contribution in [0.25, 0.3) is 10.6 Å². The van der Waals surface area contributed by atoms with Crippen molar-refractivity contribution in [3.05, 3.63) is 57.7 Å². The van der Waals surface area contributed by atoms with E-state index in [1.54, 1.807) is 22.7 Å². The number of thiazole rings is 1. The van der Waals surface area contributed by atoms with Crippen LogP contribution in [0.4, 0.5) is 5.69 Å². The molecular formula is C19H19N3O2S2. The Kier molecular flexibility index (Phi) is 6.14. The predicted octanol–water partition coefficient (Wildman–Crippen LogP) is 3.73. The van der Waals surface area contributed by atoms with Crippen LogP contribution < -0.4 is 10.6 Å². The van der Waals surface area contributed by atoms with E-state index >= 15 is 0 Å². The maximum absolute atomic E-state index is 11.9. The summed E-state index contributed by atoms with van der Waals surface area (Å²) in [5.41, 5.74) is 2.67. The molecule has 0 unspecified atom stereocenters. The summed E-state index contributed by atoms with van der Waals surface area (Å²) in [4.78, 5) is 28.8. The lowest BCUT2D eigenvalue weighted by molar-refractivity contribution is -0.120. The molecule has 0 radical (unpaired) electrons. The average molecular weight is 386 g/mol. The van der Waals surface area contributed by atoms with Crippen molar-refractivity contribution in [3.8, 4) is 10.6 Å². The maximum Gasteiger partial charge on any atom is 0.225 e. The van der Waals surface area contributed by atoms with Crippen molar-refractivity contribution in [2.24, 2.45) is 0 Å². The van der Waals surface area contributed by atoms with Gasteiger partial charge in [-0.2, -0.15) is 0 Å². The summed E-state index contributed by atoms with van der Waals surface area (Å²) in [5.74, 6) is -0.0637. The van der Waals surface area contributed by atoms with E-state index < -0.39 is 0 Å². The van der Waals surface area contributed by atoms with Gasteiger partial charge in [-0.25, -0.2) is 4.98 Å². The number of anilines is 1. The van der Waals surface area contributed by atoms with E-state index in [0.29, 0.717) is 19.4 Å². The molecule has 0 fully saturated rings. The van der Waals surface area contributed by atoms with Gasteiger partial charge in [0.25, 0.3) is 0 Å². The van der Waals surface area contributed by atoms with E-state index in [9.17, 15) is 9.59 Å². The van der Waals surface area contributed by atoms with Crippen molar-refractivity contribution in [2.45, 2.75) is 19.8 Å².